The van der Waals surface area contributed by atoms with Crippen LogP contribution in [-0.2, 0) is 6.54 Å². The van der Waals surface area contributed by atoms with Gasteiger partial charge in [-0.3, -0.25) is 14.9 Å². The second-order valence-electron chi connectivity index (χ2n) is 7.80. The summed E-state index contributed by atoms with van der Waals surface area (Å²) in [6.07, 6.45) is 4.89. The van der Waals surface area contributed by atoms with Crippen molar-refractivity contribution in [2.24, 2.45) is 11.8 Å². The van der Waals surface area contributed by atoms with Crippen LogP contribution >= 0.6 is 0 Å². The number of hydrogen-bond donors (Lipinski definition) is 1. The number of hydrogen-bond acceptors (Lipinski definition) is 5. The van der Waals surface area contributed by atoms with Gasteiger partial charge in [0.05, 0.1) is 11.8 Å². The van der Waals surface area contributed by atoms with Crippen molar-refractivity contribution in [3.05, 3.63) is 53.6 Å². The molecule has 2 fully saturated rings. The van der Waals surface area contributed by atoms with Crippen molar-refractivity contribution in [2.75, 3.05) is 13.1 Å². The van der Waals surface area contributed by atoms with Gasteiger partial charge >= 0.3 is 0 Å². The molecule has 1 saturated heterocycles. The number of fused-ring (bicyclic) bond motifs is 1. The quantitative estimate of drug-likeness (QED) is 0.916. The van der Waals surface area contributed by atoms with Gasteiger partial charge in [-0.15, -0.1) is 0 Å². The first-order valence-corrected chi connectivity index (χ1v) is 9.48. The van der Waals surface area contributed by atoms with E-state index < -0.39 is 6.10 Å². The molecule has 0 spiro atoms. The van der Waals surface area contributed by atoms with Gasteiger partial charge in [0.25, 0.3) is 0 Å². The molecule has 0 bridgehead atoms. The molecule has 1 aliphatic heterocycles. The summed E-state index contributed by atoms with van der Waals surface area (Å²) >= 11 is 0. The Hall–Kier alpha value is -1.98. The lowest BCUT2D eigenvalue weighted by atomic mass is 9.78. The molecule has 4 atom stereocenters. The van der Waals surface area contributed by atoms with E-state index in [1.807, 2.05) is 38.4 Å². The number of aromatic nitrogens is 2. The Labute approximate surface area is 155 Å². The second kappa shape index (κ2) is 7.33. The highest BCUT2D eigenvalue weighted by molar-refractivity contribution is 5.28. The van der Waals surface area contributed by atoms with Crippen molar-refractivity contribution < 1.29 is 9.84 Å². The van der Waals surface area contributed by atoms with E-state index in [0.717, 1.165) is 49.6 Å². The lowest BCUT2D eigenvalue weighted by Gasteiger charge is -2.35. The van der Waals surface area contributed by atoms with Gasteiger partial charge in [-0.25, -0.2) is 0 Å². The summed E-state index contributed by atoms with van der Waals surface area (Å²) in [6, 6.07) is 8.10. The zero-order valence-electron chi connectivity index (χ0n) is 15.5. The van der Waals surface area contributed by atoms with Crippen LogP contribution in [0.25, 0.3) is 0 Å². The zero-order chi connectivity index (χ0) is 18.1. The topological polar surface area (TPSA) is 58.5 Å². The largest absolute Gasteiger partial charge is 0.486 e. The van der Waals surface area contributed by atoms with Gasteiger partial charge < -0.3 is 9.84 Å². The highest BCUT2D eigenvalue weighted by Crippen LogP contribution is 2.38. The van der Waals surface area contributed by atoms with Crippen molar-refractivity contribution >= 4 is 0 Å². The summed E-state index contributed by atoms with van der Waals surface area (Å²) in [5.74, 6) is 1.94. The van der Waals surface area contributed by atoms with E-state index in [-0.39, 0.29) is 6.10 Å². The second-order valence-corrected chi connectivity index (χ2v) is 7.80. The molecule has 0 radical (unpaired) electrons. The van der Waals surface area contributed by atoms with Crippen LogP contribution in [0.3, 0.4) is 0 Å². The van der Waals surface area contributed by atoms with Crippen molar-refractivity contribution in [1.82, 2.24) is 14.9 Å². The Morgan fingerprint density at radius 2 is 1.81 bits per heavy atom. The van der Waals surface area contributed by atoms with E-state index in [4.69, 9.17) is 4.74 Å². The minimum atomic E-state index is -0.405. The molecule has 4 rings (SSSR count). The van der Waals surface area contributed by atoms with Crippen LogP contribution < -0.4 is 4.74 Å². The van der Waals surface area contributed by atoms with Gasteiger partial charge in [0.1, 0.15) is 11.9 Å². The molecule has 0 aromatic carbocycles. The van der Waals surface area contributed by atoms with Crippen LogP contribution in [0.15, 0.2) is 36.7 Å². The molecule has 138 valence electrons. The normalized spacial score (nSPS) is 28.7. The average Bonchev–Trinajstić information content (AvgIpc) is 2.99. The minimum Gasteiger partial charge on any atom is -0.486 e. The SMILES string of the molecule is Cc1ccc(O[C@@H]2C[C@@H]3CN(Cc4ccncc4)C[C@@H]3C[C@H]2O)c(C)n1. The predicted octanol–water partition coefficient (Wildman–Crippen LogP) is 2.74. The van der Waals surface area contributed by atoms with Crippen molar-refractivity contribution in [1.29, 1.82) is 0 Å². The number of aryl methyl sites for hydroxylation is 2. The molecule has 0 amide bonds. The Bertz CT molecular complexity index is 752. The van der Waals surface area contributed by atoms with Gasteiger partial charge in [-0.1, -0.05) is 0 Å². The Morgan fingerprint density at radius 3 is 2.54 bits per heavy atom. The first kappa shape index (κ1) is 17.4. The van der Waals surface area contributed by atoms with Crippen LogP contribution in [0.5, 0.6) is 5.75 Å². The van der Waals surface area contributed by atoms with Crippen molar-refractivity contribution in [3.63, 3.8) is 0 Å². The van der Waals surface area contributed by atoms with E-state index in [1.165, 1.54) is 5.56 Å². The van der Waals surface area contributed by atoms with Crippen molar-refractivity contribution in [3.8, 4) is 5.75 Å². The Balaban J connectivity index is 1.39. The van der Waals surface area contributed by atoms with Gasteiger partial charge in [-0.05, 0) is 68.4 Å². The number of rotatable bonds is 4. The van der Waals surface area contributed by atoms with Crippen LogP contribution in [0.4, 0.5) is 0 Å². The maximum Gasteiger partial charge on any atom is 0.141 e. The highest BCUT2D eigenvalue weighted by Gasteiger charge is 2.42. The number of aliphatic hydroxyl groups excluding tert-OH is 1. The molecule has 5 heteroatoms. The zero-order valence-corrected chi connectivity index (χ0v) is 15.5. The Kier molecular flexibility index (Phi) is 4.92. The maximum atomic E-state index is 10.6. The first-order valence-electron chi connectivity index (χ1n) is 9.48. The van der Waals surface area contributed by atoms with Crippen LogP contribution in [-0.4, -0.2) is 45.3 Å². The number of aliphatic hydroxyl groups is 1. The third-order valence-electron chi connectivity index (χ3n) is 5.77. The Morgan fingerprint density at radius 1 is 1.08 bits per heavy atom. The van der Waals surface area contributed by atoms with E-state index in [2.05, 4.69) is 27.0 Å². The first-order chi connectivity index (χ1) is 12.6. The summed E-state index contributed by atoms with van der Waals surface area (Å²) in [4.78, 5) is 11.1. The molecule has 0 unspecified atom stereocenters. The summed E-state index contributed by atoms with van der Waals surface area (Å²) in [5, 5.41) is 10.6. The lowest BCUT2D eigenvalue weighted by molar-refractivity contribution is -0.0236. The van der Waals surface area contributed by atoms with Gasteiger partial charge in [0, 0.05) is 37.7 Å². The van der Waals surface area contributed by atoms with E-state index in [0.29, 0.717) is 11.8 Å². The summed E-state index contributed by atoms with van der Waals surface area (Å²) in [7, 11) is 0. The monoisotopic (exact) mass is 353 g/mol. The fourth-order valence-corrected chi connectivity index (χ4v) is 4.45. The summed E-state index contributed by atoms with van der Waals surface area (Å²) < 4.78 is 6.18. The van der Waals surface area contributed by atoms with E-state index >= 15 is 0 Å². The van der Waals surface area contributed by atoms with Gasteiger partial charge in [-0.2, -0.15) is 0 Å². The number of nitrogens with zero attached hydrogens (tertiary/aromatic N) is 3. The average molecular weight is 353 g/mol. The molecule has 2 aliphatic rings. The standard InChI is InChI=1S/C21H27N3O2/c1-14-3-4-20(15(2)23-14)26-21-10-18-13-24(12-17(18)9-19(21)25)11-16-5-7-22-8-6-16/h3-8,17-19,21,25H,9-13H2,1-2H3/t17-,18+,19+,21+/m0/s1. The van der Waals surface area contributed by atoms with Gasteiger partial charge in [0.2, 0.25) is 0 Å². The number of ether oxygens (including phenoxy) is 1. The van der Waals surface area contributed by atoms with Crippen molar-refractivity contribution in [2.45, 2.75) is 45.4 Å². The molecule has 1 aliphatic carbocycles. The molecule has 1 saturated carbocycles. The molecular weight excluding hydrogens is 326 g/mol. The van der Waals surface area contributed by atoms with Gasteiger partial charge in [0.15, 0.2) is 0 Å². The van der Waals surface area contributed by atoms with E-state index in [9.17, 15) is 5.11 Å². The smallest absolute Gasteiger partial charge is 0.141 e. The molecule has 26 heavy (non-hydrogen) atoms. The summed E-state index contributed by atoms with van der Waals surface area (Å²) in [6.45, 7) is 7.03. The third-order valence-corrected chi connectivity index (χ3v) is 5.77. The minimum absolute atomic E-state index is 0.139. The maximum absolute atomic E-state index is 10.6. The number of likely N-dealkylation sites (tertiary alicyclic amines) is 1. The molecule has 1 N–H and O–H groups in total. The third kappa shape index (κ3) is 3.74. The van der Waals surface area contributed by atoms with Crippen LogP contribution in [0.1, 0.15) is 29.8 Å². The molecule has 2 aromatic heterocycles. The fourth-order valence-electron chi connectivity index (χ4n) is 4.45. The lowest BCUT2D eigenvalue weighted by Crippen LogP contribution is -2.42. The van der Waals surface area contributed by atoms with Crippen LogP contribution in [0.2, 0.25) is 0 Å². The van der Waals surface area contributed by atoms with Crippen LogP contribution in [0, 0.1) is 25.7 Å². The summed E-state index contributed by atoms with van der Waals surface area (Å²) in [5.41, 5.74) is 3.18. The fraction of sp³-hybridized carbons (Fsp3) is 0.524. The molecular formula is C21H27N3O2. The van der Waals surface area contributed by atoms with E-state index in [1.54, 1.807) is 0 Å². The molecule has 2 aromatic rings. The molecule has 3 heterocycles. The highest BCUT2D eigenvalue weighted by atomic mass is 16.5. The molecule has 5 nitrogen and oxygen atoms in total. The number of pyridine rings is 2. The predicted molar refractivity (Wildman–Crippen MR) is 99.9 cm³/mol.